The van der Waals surface area contributed by atoms with Gasteiger partial charge in [0.1, 0.15) is 5.60 Å². The number of carbonyl (C=O) groups excluding carboxylic acids is 1. The molecule has 0 spiro atoms. The molecule has 0 aromatic rings. The van der Waals surface area contributed by atoms with Gasteiger partial charge in [-0.3, -0.25) is 0 Å². The molecular formula is C17H32N2O3. The summed E-state index contributed by atoms with van der Waals surface area (Å²) in [4.78, 5) is 14.0. The summed E-state index contributed by atoms with van der Waals surface area (Å²) >= 11 is 0. The highest BCUT2D eigenvalue weighted by Crippen LogP contribution is 2.31. The molecule has 1 heterocycles. The van der Waals surface area contributed by atoms with Crippen molar-refractivity contribution in [2.24, 2.45) is 5.41 Å². The molecule has 0 aromatic carbocycles. The molecule has 128 valence electrons. The largest absolute Gasteiger partial charge is 0.444 e. The highest BCUT2D eigenvalue weighted by Gasteiger charge is 2.38. The van der Waals surface area contributed by atoms with E-state index in [1.54, 1.807) is 7.11 Å². The Hall–Kier alpha value is -0.810. The monoisotopic (exact) mass is 312 g/mol. The topological polar surface area (TPSA) is 50.8 Å². The highest BCUT2D eigenvalue weighted by molar-refractivity contribution is 5.68. The second-order valence-electron chi connectivity index (χ2n) is 8.21. The first-order valence-electron chi connectivity index (χ1n) is 8.45. The van der Waals surface area contributed by atoms with Crippen molar-refractivity contribution in [2.75, 3.05) is 26.7 Å². The summed E-state index contributed by atoms with van der Waals surface area (Å²) in [5.74, 6) is 0. The number of likely N-dealkylation sites (tertiary alicyclic amines) is 1. The standard InChI is InChI=1S/C17H32N2O3/c1-16(2,3)22-15(20)19-9-8-17(4,12-19)11-18-13-6-7-14(10-13)21-5/h13-14,18H,6-12H2,1-5H3. The van der Waals surface area contributed by atoms with Gasteiger partial charge in [0.2, 0.25) is 0 Å². The van der Waals surface area contributed by atoms with Gasteiger partial charge >= 0.3 is 6.09 Å². The van der Waals surface area contributed by atoms with Crippen LogP contribution in [-0.4, -0.2) is 55.5 Å². The fourth-order valence-corrected chi connectivity index (χ4v) is 3.38. The van der Waals surface area contributed by atoms with Crippen molar-refractivity contribution in [2.45, 2.75) is 71.1 Å². The smallest absolute Gasteiger partial charge is 0.410 e. The van der Waals surface area contributed by atoms with Crippen molar-refractivity contribution >= 4 is 6.09 Å². The average molecular weight is 312 g/mol. The Morgan fingerprint density at radius 1 is 1.36 bits per heavy atom. The first kappa shape index (κ1) is 17.5. The Kier molecular flexibility index (Phi) is 5.38. The number of hydrogen-bond donors (Lipinski definition) is 1. The van der Waals surface area contributed by atoms with Gasteiger partial charge in [-0.2, -0.15) is 0 Å². The minimum absolute atomic E-state index is 0.141. The molecule has 2 aliphatic rings. The number of hydrogen-bond acceptors (Lipinski definition) is 4. The Morgan fingerprint density at radius 2 is 2.09 bits per heavy atom. The van der Waals surface area contributed by atoms with Crippen LogP contribution in [0.2, 0.25) is 0 Å². The van der Waals surface area contributed by atoms with E-state index in [2.05, 4.69) is 12.2 Å². The first-order chi connectivity index (χ1) is 10.2. The van der Waals surface area contributed by atoms with Gasteiger partial charge in [-0.1, -0.05) is 6.92 Å². The summed E-state index contributed by atoms with van der Waals surface area (Å²) in [5, 5.41) is 3.68. The first-order valence-corrected chi connectivity index (χ1v) is 8.45. The minimum atomic E-state index is -0.423. The van der Waals surface area contributed by atoms with Gasteiger partial charge in [0.05, 0.1) is 6.10 Å². The fourth-order valence-electron chi connectivity index (χ4n) is 3.38. The quantitative estimate of drug-likeness (QED) is 0.867. The SMILES string of the molecule is COC1CCC(NCC2(C)CCN(C(=O)OC(C)(C)C)C2)C1. The predicted octanol–water partition coefficient (Wildman–Crippen LogP) is 2.79. The van der Waals surface area contributed by atoms with Crippen LogP contribution in [0.3, 0.4) is 0 Å². The number of amides is 1. The van der Waals surface area contributed by atoms with E-state index in [1.807, 2.05) is 25.7 Å². The summed E-state index contributed by atoms with van der Waals surface area (Å²) in [6.07, 6.45) is 4.69. The second-order valence-corrected chi connectivity index (χ2v) is 8.21. The molecule has 1 saturated heterocycles. The van der Waals surface area contributed by atoms with Gasteiger partial charge in [-0.05, 0) is 51.9 Å². The molecule has 2 rings (SSSR count). The van der Waals surface area contributed by atoms with E-state index in [9.17, 15) is 4.79 Å². The third-order valence-corrected chi connectivity index (χ3v) is 4.74. The number of methoxy groups -OCH3 is 1. The van der Waals surface area contributed by atoms with Crippen LogP contribution in [-0.2, 0) is 9.47 Å². The van der Waals surface area contributed by atoms with Gasteiger partial charge in [-0.25, -0.2) is 4.79 Å². The molecule has 1 amide bonds. The molecule has 5 nitrogen and oxygen atoms in total. The highest BCUT2D eigenvalue weighted by atomic mass is 16.6. The van der Waals surface area contributed by atoms with E-state index in [4.69, 9.17) is 9.47 Å². The number of ether oxygens (including phenoxy) is 2. The normalized spacial score (nSPS) is 32.5. The Morgan fingerprint density at radius 3 is 2.68 bits per heavy atom. The van der Waals surface area contributed by atoms with E-state index in [0.29, 0.717) is 12.1 Å². The molecule has 3 unspecified atom stereocenters. The Balaban J connectivity index is 1.77. The molecule has 2 fully saturated rings. The third kappa shape index (κ3) is 4.85. The van der Waals surface area contributed by atoms with Crippen LogP contribution in [0.15, 0.2) is 0 Å². The summed E-state index contributed by atoms with van der Waals surface area (Å²) in [6.45, 7) is 10.5. The molecule has 5 heteroatoms. The molecular weight excluding hydrogens is 280 g/mol. The molecule has 0 bridgehead atoms. The molecule has 1 aliphatic carbocycles. The minimum Gasteiger partial charge on any atom is -0.444 e. The van der Waals surface area contributed by atoms with Gasteiger partial charge in [-0.15, -0.1) is 0 Å². The van der Waals surface area contributed by atoms with E-state index in [-0.39, 0.29) is 11.5 Å². The average Bonchev–Trinajstić information content (AvgIpc) is 3.01. The van der Waals surface area contributed by atoms with Crippen molar-refractivity contribution < 1.29 is 14.3 Å². The lowest BCUT2D eigenvalue weighted by Crippen LogP contribution is -2.41. The number of carbonyl (C=O) groups is 1. The number of nitrogens with one attached hydrogen (secondary N) is 1. The summed E-state index contributed by atoms with van der Waals surface area (Å²) in [6, 6.07) is 0.553. The maximum absolute atomic E-state index is 12.2. The zero-order valence-corrected chi connectivity index (χ0v) is 14.8. The van der Waals surface area contributed by atoms with Crippen LogP contribution in [0.25, 0.3) is 0 Å². The number of rotatable bonds is 4. The molecule has 0 radical (unpaired) electrons. The summed E-state index contributed by atoms with van der Waals surface area (Å²) < 4.78 is 10.9. The molecule has 1 N–H and O–H groups in total. The molecule has 1 aliphatic heterocycles. The van der Waals surface area contributed by atoms with Crippen molar-refractivity contribution in [1.82, 2.24) is 10.2 Å². The van der Waals surface area contributed by atoms with E-state index < -0.39 is 5.60 Å². The zero-order chi connectivity index (χ0) is 16.4. The van der Waals surface area contributed by atoms with Gasteiger partial charge in [0.25, 0.3) is 0 Å². The van der Waals surface area contributed by atoms with Crippen LogP contribution in [0.5, 0.6) is 0 Å². The van der Waals surface area contributed by atoms with Gasteiger partial charge < -0.3 is 19.7 Å². The van der Waals surface area contributed by atoms with Crippen LogP contribution in [0, 0.1) is 5.41 Å². The number of nitrogens with zero attached hydrogens (tertiary/aromatic N) is 1. The summed E-state index contributed by atoms with van der Waals surface area (Å²) in [5.41, 5.74) is -0.282. The Labute approximate surface area is 134 Å². The fraction of sp³-hybridized carbons (Fsp3) is 0.941. The van der Waals surface area contributed by atoms with Crippen molar-refractivity contribution in [3.8, 4) is 0 Å². The lowest BCUT2D eigenvalue weighted by molar-refractivity contribution is 0.0275. The Bertz CT molecular complexity index is 394. The van der Waals surface area contributed by atoms with E-state index >= 15 is 0 Å². The molecule has 0 aromatic heterocycles. The molecule has 1 saturated carbocycles. The maximum Gasteiger partial charge on any atom is 0.410 e. The van der Waals surface area contributed by atoms with E-state index in [0.717, 1.165) is 38.9 Å². The second kappa shape index (κ2) is 6.75. The zero-order valence-electron chi connectivity index (χ0n) is 14.8. The third-order valence-electron chi connectivity index (χ3n) is 4.74. The maximum atomic E-state index is 12.2. The molecule has 3 atom stereocenters. The predicted molar refractivity (Wildman–Crippen MR) is 87.0 cm³/mol. The van der Waals surface area contributed by atoms with Crippen LogP contribution >= 0.6 is 0 Å². The van der Waals surface area contributed by atoms with Crippen molar-refractivity contribution in [3.05, 3.63) is 0 Å². The van der Waals surface area contributed by atoms with Crippen molar-refractivity contribution in [3.63, 3.8) is 0 Å². The lowest BCUT2D eigenvalue weighted by Gasteiger charge is -2.28. The lowest BCUT2D eigenvalue weighted by atomic mass is 9.89. The van der Waals surface area contributed by atoms with Gasteiger partial charge in [0, 0.05) is 32.8 Å². The van der Waals surface area contributed by atoms with Crippen LogP contribution in [0.1, 0.15) is 53.4 Å². The van der Waals surface area contributed by atoms with Gasteiger partial charge in [0.15, 0.2) is 0 Å². The van der Waals surface area contributed by atoms with E-state index in [1.165, 1.54) is 6.42 Å². The van der Waals surface area contributed by atoms with Crippen LogP contribution in [0.4, 0.5) is 4.79 Å². The van der Waals surface area contributed by atoms with Crippen molar-refractivity contribution in [1.29, 1.82) is 0 Å². The van der Waals surface area contributed by atoms with Crippen LogP contribution < -0.4 is 5.32 Å². The summed E-state index contributed by atoms with van der Waals surface area (Å²) in [7, 11) is 1.80. The molecule has 22 heavy (non-hydrogen) atoms.